The zero-order chi connectivity index (χ0) is 10.7. The largest absolute Gasteiger partial charge is 0.310 e. The Morgan fingerprint density at radius 1 is 1.40 bits per heavy atom. The van der Waals surface area contributed by atoms with Crippen LogP contribution < -0.4 is 5.32 Å². The molecule has 0 amide bonds. The van der Waals surface area contributed by atoms with Gasteiger partial charge in [0.05, 0.1) is 0 Å². The number of hydrogen-bond acceptors (Lipinski definition) is 1. The second-order valence-corrected chi connectivity index (χ2v) is 4.68. The smallest absolute Gasteiger partial charge is 0.0348 e. The fourth-order valence-corrected chi connectivity index (χ4v) is 2.15. The average molecular weight is 203 g/mol. The van der Waals surface area contributed by atoms with Crippen LogP contribution in [0.4, 0.5) is 0 Å². The van der Waals surface area contributed by atoms with E-state index in [1.54, 1.807) is 0 Å². The highest BCUT2D eigenvalue weighted by Crippen LogP contribution is 2.41. The lowest BCUT2D eigenvalue weighted by molar-refractivity contribution is 0.481. The van der Waals surface area contributed by atoms with Crippen molar-refractivity contribution in [2.24, 2.45) is 5.92 Å². The van der Waals surface area contributed by atoms with Crippen LogP contribution in [0.2, 0.25) is 0 Å². The molecule has 1 nitrogen and oxygen atoms in total. The lowest BCUT2D eigenvalue weighted by Gasteiger charge is -2.18. The summed E-state index contributed by atoms with van der Waals surface area (Å²) in [6.45, 7) is 5.54. The van der Waals surface area contributed by atoms with Crippen LogP contribution in [0.5, 0.6) is 0 Å². The van der Waals surface area contributed by atoms with Gasteiger partial charge in [0, 0.05) is 6.04 Å². The van der Waals surface area contributed by atoms with Crippen LogP contribution in [0.1, 0.15) is 43.4 Å². The Balaban J connectivity index is 2.09. The van der Waals surface area contributed by atoms with Gasteiger partial charge >= 0.3 is 0 Å². The Morgan fingerprint density at radius 3 is 2.80 bits per heavy atom. The maximum Gasteiger partial charge on any atom is 0.0348 e. The van der Waals surface area contributed by atoms with E-state index in [2.05, 4.69) is 43.4 Å². The van der Waals surface area contributed by atoms with Gasteiger partial charge in [-0.05, 0) is 44.2 Å². The Bertz CT molecular complexity index is 315. The molecule has 1 N–H and O–H groups in total. The molecule has 0 bridgehead atoms. The van der Waals surface area contributed by atoms with E-state index in [1.807, 2.05) is 0 Å². The summed E-state index contributed by atoms with van der Waals surface area (Å²) in [6.07, 6.45) is 4.01. The summed E-state index contributed by atoms with van der Waals surface area (Å²) >= 11 is 0. The summed E-state index contributed by atoms with van der Waals surface area (Å²) < 4.78 is 0. The first-order valence-electron chi connectivity index (χ1n) is 6.11. The summed E-state index contributed by atoms with van der Waals surface area (Å²) in [5.74, 6) is 0.887. The van der Waals surface area contributed by atoms with Crippen molar-refractivity contribution in [1.29, 1.82) is 0 Å². The van der Waals surface area contributed by atoms with E-state index in [9.17, 15) is 0 Å². The lowest BCUT2D eigenvalue weighted by atomic mass is 10.0. The molecule has 0 saturated heterocycles. The van der Waals surface area contributed by atoms with E-state index in [1.165, 1.54) is 30.4 Å². The summed E-state index contributed by atoms with van der Waals surface area (Å²) in [4.78, 5) is 0. The van der Waals surface area contributed by atoms with Crippen molar-refractivity contribution in [2.45, 2.75) is 39.2 Å². The van der Waals surface area contributed by atoms with E-state index >= 15 is 0 Å². The normalized spacial score (nSPS) is 17.7. The predicted octanol–water partition coefficient (Wildman–Crippen LogP) is 3.45. The van der Waals surface area contributed by atoms with Crippen LogP contribution in [0.3, 0.4) is 0 Å². The van der Waals surface area contributed by atoms with Gasteiger partial charge in [-0.1, -0.05) is 36.8 Å². The molecular weight excluding hydrogens is 182 g/mol. The van der Waals surface area contributed by atoms with Gasteiger partial charge in [0.1, 0.15) is 0 Å². The number of rotatable bonds is 5. The summed E-state index contributed by atoms with van der Waals surface area (Å²) in [5.41, 5.74) is 2.85. The molecular formula is C14H21N. The standard InChI is InChI=1S/C14H21N/c1-3-9-15-14(12-7-8-12)13-6-4-5-11(2)10-13/h4-6,10,12,14-15H,3,7-9H2,1-2H3. The van der Waals surface area contributed by atoms with Crippen molar-refractivity contribution in [3.05, 3.63) is 35.4 Å². The minimum atomic E-state index is 0.602. The number of nitrogens with one attached hydrogen (secondary N) is 1. The van der Waals surface area contributed by atoms with Crippen molar-refractivity contribution in [3.63, 3.8) is 0 Å². The van der Waals surface area contributed by atoms with Crippen LogP contribution in [0, 0.1) is 12.8 Å². The highest BCUT2D eigenvalue weighted by Gasteiger charge is 2.31. The van der Waals surface area contributed by atoms with Gasteiger partial charge in [-0.15, -0.1) is 0 Å². The third-order valence-corrected chi connectivity index (χ3v) is 3.11. The summed E-state index contributed by atoms with van der Waals surface area (Å²) in [7, 11) is 0. The molecule has 1 fully saturated rings. The van der Waals surface area contributed by atoms with Gasteiger partial charge in [0.15, 0.2) is 0 Å². The molecule has 0 heterocycles. The average Bonchev–Trinajstić information content (AvgIpc) is 3.03. The van der Waals surface area contributed by atoms with Crippen molar-refractivity contribution >= 4 is 0 Å². The second-order valence-electron chi connectivity index (χ2n) is 4.68. The van der Waals surface area contributed by atoms with Crippen molar-refractivity contribution in [2.75, 3.05) is 6.54 Å². The van der Waals surface area contributed by atoms with E-state index in [0.29, 0.717) is 6.04 Å². The molecule has 1 aromatic carbocycles. The zero-order valence-corrected chi connectivity index (χ0v) is 9.79. The van der Waals surface area contributed by atoms with Gasteiger partial charge in [0.2, 0.25) is 0 Å². The molecule has 0 spiro atoms. The van der Waals surface area contributed by atoms with Crippen LogP contribution in [0.15, 0.2) is 24.3 Å². The van der Waals surface area contributed by atoms with Crippen LogP contribution in [-0.2, 0) is 0 Å². The first-order chi connectivity index (χ1) is 7.31. The van der Waals surface area contributed by atoms with Crippen molar-refractivity contribution < 1.29 is 0 Å². The molecule has 82 valence electrons. The minimum absolute atomic E-state index is 0.602. The molecule has 1 saturated carbocycles. The van der Waals surface area contributed by atoms with Gasteiger partial charge in [-0.3, -0.25) is 0 Å². The van der Waals surface area contributed by atoms with Crippen molar-refractivity contribution in [1.82, 2.24) is 5.32 Å². The maximum atomic E-state index is 3.67. The topological polar surface area (TPSA) is 12.0 Å². The highest BCUT2D eigenvalue weighted by molar-refractivity contribution is 5.26. The summed E-state index contributed by atoms with van der Waals surface area (Å²) in [5, 5.41) is 3.67. The third-order valence-electron chi connectivity index (χ3n) is 3.11. The fraction of sp³-hybridized carbons (Fsp3) is 0.571. The Labute approximate surface area is 92.9 Å². The van der Waals surface area contributed by atoms with E-state index in [0.717, 1.165) is 12.5 Å². The number of aryl methyl sites for hydroxylation is 1. The maximum absolute atomic E-state index is 3.67. The van der Waals surface area contributed by atoms with Gasteiger partial charge in [-0.25, -0.2) is 0 Å². The number of benzene rings is 1. The molecule has 0 radical (unpaired) electrons. The molecule has 15 heavy (non-hydrogen) atoms. The first kappa shape index (κ1) is 10.7. The fourth-order valence-electron chi connectivity index (χ4n) is 2.15. The second kappa shape index (κ2) is 4.80. The quantitative estimate of drug-likeness (QED) is 0.773. The predicted molar refractivity (Wildman–Crippen MR) is 64.9 cm³/mol. The van der Waals surface area contributed by atoms with Gasteiger partial charge < -0.3 is 5.32 Å². The first-order valence-corrected chi connectivity index (χ1v) is 6.11. The van der Waals surface area contributed by atoms with E-state index in [4.69, 9.17) is 0 Å². The van der Waals surface area contributed by atoms with Crippen LogP contribution in [0.25, 0.3) is 0 Å². The molecule has 0 aliphatic heterocycles. The molecule has 1 aromatic rings. The molecule has 1 unspecified atom stereocenters. The van der Waals surface area contributed by atoms with Gasteiger partial charge in [-0.2, -0.15) is 0 Å². The van der Waals surface area contributed by atoms with Gasteiger partial charge in [0.25, 0.3) is 0 Å². The Kier molecular flexibility index (Phi) is 3.42. The number of hydrogen-bond donors (Lipinski definition) is 1. The Morgan fingerprint density at radius 2 is 2.20 bits per heavy atom. The Hall–Kier alpha value is -0.820. The lowest BCUT2D eigenvalue weighted by Crippen LogP contribution is -2.23. The van der Waals surface area contributed by atoms with E-state index in [-0.39, 0.29) is 0 Å². The SMILES string of the molecule is CCCNC(c1cccc(C)c1)C1CC1. The molecule has 2 rings (SSSR count). The minimum Gasteiger partial charge on any atom is -0.310 e. The van der Waals surface area contributed by atoms with E-state index < -0.39 is 0 Å². The highest BCUT2D eigenvalue weighted by atomic mass is 14.9. The molecule has 1 aliphatic carbocycles. The third kappa shape index (κ3) is 2.82. The van der Waals surface area contributed by atoms with Crippen molar-refractivity contribution in [3.8, 4) is 0 Å². The molecule has 1 atom stereocenters. The molecule has 1 heteroatoms. The zero-order valence-electron chi connectivity index (χ0n) is 9.79. The molecule has 1 aliphatic rings. The summed E-state index contributed by atoms with van der Waals surface area (Å²) in [6, 6.07) is 9.54. The monoisotopic (exact) mass is 203 g/mol. The van der Waals surface area contributed by atoms with Crippen LogP contribution >= 0.6 is 0 Å². The molecule has 0 aromatic heterocycles. The van der Waals surface area contributed by atoms with Crippen LogP contribution in [-0.4, -0.2) is 6.54 Å².